The topological polar surface area (TPSA) is 88.6 Å². The van der Waals surface area contributed by atoms with Crippen molar-refractivity contribution in [2.45, 2.75) is 6.54 Å². The van der Waals surface area contributed by atoms with Gasteiger partial charge in [0.15, 0.2) is 0 Å². The Labute approximate surface area is 121 Å². The normalized spacial score (nSPS) is 10.2. The van der Waals surface area contributed by atoms with Gasteiger partial charge in [-0.3, -0.25) is 14.9 Å². The van der Waals surface area contributed by atoms with Gasteiger partial charge in [0.25, 0.3) is 11.6 Å². The molecule has 7 nitrogen and oxygen atoms in total. The minimum absolute atomic E-state index is 0.0862. The molecule has 2 rings (SSSR count). The Bertz CT molecular complexity index is 650. The summed E-state index contributed by atoms with van der Waals surface area (Å²) in [5, 5.41) is 14.0. The highest BCUT2D eigenvalue weighted by Gasteiger charge is 2.17. The largest absolute Gasteiger partial charge is 0.467 e. The van der Waals surface area contributed by atoms with E-state index in [0.717, 1.165) is 0 Å². The third kappa shape index (κ3) is 3.38. The molecule has 0 atom stereocenters. The Balaban J connectivity index is 2.28. The van der Waals surface area contributed by atoms with Crippen molar-refractivity contribution in [1.82, 2.24) is 4.90 Å². The lowest BCUT2D eigenvalue weighted by Gasteiger charge is -2.12. The minimum Gasteiger partial charge on any atom is -0.467 e. The van der Waals surface area contributed by atoms with Crippen molar-refractivity contribution in [2.75, 3.05) is 19.4 Å². The lowest BCUT2D eigenvalue weighted by atomic mass is 10.1. The number of carbonyl (C=O) groups is 1. The summed E-state index contributed by atoms with van der Waals surface area (Å²) in [6.45, 7) is 0.299. The van der Waals surface area contributed by atoms with Crippen LogP contribution in [-0.2, 0) is 6.54 Å². The van der Waals surface area contributed by atoms with E-state index in [1.165, 1.54) is 29.4 Å². The van der Waals surface area contributed by atoms with E-state index in [-0.39, 0.29) is 17.3 Å². The summed E-state index contributed by atoms with van der Waals surface area (Å²) in [6.07, 6.45) is 1.53. The summed E-state index contributed by atoms with van der Waals surface area (Å²) in [4.78, 5) is 23.9. The summed E-state index contributed by atoms with van der Waals surface area (Å²) in [5.74, 6) is 0.430. The molecule has 0 unspecified atom stereocenters. The molecule has 0 saturated carbocycles. The third-order valence-electron chi connectivity index (χ3n) is 2.88. The molecule has 1 aromatic heterocycles. The van der Waals surface area contributed by atoms with Crippen molar-refractivity contribution in [3.05, 3.63) is 58.0 Å². The average Bonchev–Trinajstić information content (AvgIpc) is 2.97. The first-order valence-electron chi connectivity index (χ1n) is 6.25. The lowest BCUT2D eigenvalue weighted by Crippen LogP contribution is -2.21. The Morgan fingerprint density at radius 3 is 2.71 bits per heavy atom. The number of nitrogens with zero attached hydrogens (tertiary/aromatic N) is 2. The van der Waals surface area contributed by atoms with Crippen LogP contribution < -0.4 is 5.32 Å². The van der Waals surface area contributed by atoms with Gasteiger partial charge in [0.1, 0.15) is 11.4 Å². The van der Waals surface area contributed by atoms with E-state index < -0.39 is 4.92 Å². The van der Waals surface area contributed by atoms with E-state index >= 15 is 0 Å². The van der Waals surface area contributed by atoms with Crippen molar-refractivity contribution in [3.63, 3.8) is 0 Å². The van der Waals surface area contributed by atoms with Gasteiger partial charge < -0.3 is 14.6 Å². The fourth-order valence-electron chi connectivity index (χ4n) is 1.82. The second kappa shape index (κ2) is 6.08. The van der Waals surface area contributed by atoms with E-state index in [2.05, 4.69) is 5.32 Å². The van der Waals surface area contributed by atoms with Crippen LogP contribution >= 0.6 is 0 Å². The van der Waals surface area contributed by atoms with Gasteiger partial charge in [-0.15, -0.1) is 0 Å². The summed E-state index contributed by atoms with van der Waals surface area (Å²) >= 11 is 0. The maximum absolute atomic E-state index is 11.9. The molecule has 1 aromatic carbocycles. The number of hydrogen-bond acceptors (Lipinski definition) is 5. The molecule has 1 heterocycles. The molecule has 1 amide bonds. The quantitative estimate of drug-likeness (QED) is 0.674. The molecule has 0 aliphatic carbocycles. The van der Waals surface area contributed by atoms with Crippen LogP contribution in [0, 0.1) is 10.1 Å². The lowest BCUT2D eigenvalue weighted by molar-refractivity contribution is -0.384. The summed E-state index contributed by atoms with van der Waals surface area (Å²) in [5.41, 5.74) is 0.577. The highest BCUT2D eigenvalue weighted by Crippen LogP contribution is 2.26. The van der Waals surface area contributed by atoms with Crippen molar-refractivity contribution < 1.29 is 14.1 Å². The van der Waals surface area contributed by atoms with E-state index in [0.29, 0.717) is 17.9 Å². The van der Waals surface area contributed by atoms with Crippen LogP contribution in [0.2, 0.25) is 0 Å². The highest BCUT2D eigenvalue weighted by atomic mass is 16.6. The van der Waals surface area contributed by atoms with Crippen molar-refractivity contribution in [3.8, 4) is 0 Å². The van der Waals surface area contributed by atoms with E-state index in [9.17, 15) is 14.9 Å². The number of hydrogen-bond donors (Lipinski definition) is 1. The van der Waals surface area contributed by atoms with Crippen LogP contribution in [0.5, 0.6) is 0 Å². The summed E-state index contributed by atoms with van der Waals surface area (Å²) in [7, 11) is 3.25. The van der Waals surface area contributed by atoms with Gasteiger partial charge in [-0.25, -0.2) is 0 Å². The van der Waals surface area contributed by atoms with E-state index in [1.54, 1.807) is 26.2 Å². The molecule has 0 radical (unpaired) electrons. The van der Waals surface area contributed by atoms with Crippen molar-refractivity contribution in [2.24, 2.45) is 0 Å². The zero-order valence-corrected chi connectivity index (χ0v) is 11.7. The molecule has 0 bridgehead atoms. The Morgan fingerprint density at radius 1 is 1.38 bits per heavy atom. The zero-order valence-electron chi connectivity index (χ0n) is 11.7. The van der Waals surface area contributed by atoms with Crippen LogP contribution in [0.15, 0.2) is 41.0 Å². The first kappa shape index (κ1) is 14.6. The molecule has 0 aliphatic heterocycles. The van der Waals surface area contributed by atoms with Gasteiger partial charge in [-0.1, -0.05) is 0 Å². The van der Waals surface area contributed by atoms with Gasteiger partial charge in [-0.2, -0.15) is 0 Å². The fraction of sp³-hybridized carbons (Fsp3) is 0.214. The van der Waals surface area contributed by atoms with Gasteiger partial charge in [-0.05, 0) is 24.3 Å². The first-order chi connectivity index (χ1) is 9.99. The summed E-state index contributed by atoms with van der Waals surface area (Å²) in [6, 6.07) is 7.73. The van der Waals surface area contributed by atoms with Crippen LogP contribution in [-0.4, -0.2) is 29.8 Å². The van der Waals surface area contributed by atoms with Crippen LogP contribution in [0.4, 0.5) is 11.4 Å². The Hall–Kier alpha value is -2.83. The van der Waals surface area contributed by atoms with E-state index in [4.69, 9.17) is 4.42 Å². The molecule has 0 saturated heterocycles. The van der Waals surface area contributed by atoms with E-state index in [1.807, 2.05) is 0 Å². The number of carbonyl (C=O) groups excluding carboxylic acids is 1. The predicted molar refractivity (Wildman–Crippen MR) is 77.1 cm³/mol. The first-order valence-corrected chi connectivity index (χ1v) is 6.25. The average molecular weight is 289 g/mol. The molecule has 7 heteroatoms. The van der Waals surface area contributed by atoms with Gasteiger partial charge >= 0.3 is 0 Å². The van der Waals surface area contributed by atoms with Gasteiger partial charge in [0.2, 0.25) is 0 Å². The number of nitrogens with one attached hydrogen (secondary N) is 1. The number of amides is 1. The smallest absolute Gasteiger partial charge is 0.292 e. The number of nitro groups is 1. The number of anilines is 1. The standard InChI is InChI=1S/C14H15N3O4/c1-16(2)14(18)10-5-6-13(17(19)20)12(8-10)15-9-11-4-3-7-21-11/h3-8,15H,9H2,1-2H3. The highest BCUT2D eigenvalue weighted by molar-refractivity contribution is 5.95. The maximum Gasteiger partial charge on any atom is 0.292 e. The molecule has 21 heavy (non-hydrogen) atoms. The molecule has 0 aliphatic rings. The second-order valence-electron chi connectivity index (χ2n) is 4.62. The molecule has 1 N–H and O–H groups in total. The number of furan rings is 1. The maximum atomic E-state index is 11.9. The van der Waals surface area contributed by atoms with Crippen LogP contribution in [0.25, 0.3) is 0 Å². The third-order valence-corrected chi connectivity index (χ3v) is 2.88. The molecular weight excluding hydrogens is 274 g/mol. The van der Waals surface area contributed by atoms with Gasteiger partial charge in [0, 0.05) is 25.7 Å². The number of nitro benzene ring substituents is 1. The fourth-order valence-corrected chi connectivity index (χ4v) is 1.82. The van der Waals surface area contributed by atoms with Crippen LogP contribution in [0.3, 0.4) is 0 Å². The van der Waals surface area contributed by atoms with Crippen molar-refractivity contribution >= 4 is 17.3 Å². The van der Waals surface area contributed by atoms with Crippen molar-refractivity contribution in [1.29, 1.82) is 0 Å². The Kier molecular flexibility index (Phi) is 4.22. The second-order valence-corrected chi connectivity index (χ2v) is 4.62. The predicted octanol–water partition coefficient (Wildman–Crippen LogP) is 2.50. The minimum atomic E-state index is -0.492. The SMILES string of the molecule is CN(C)C(=O)c1ccc([N+](=O)[O-])c(NCc2ccco2)c1. The molecule has 0 fully saturated rings. The molecule has 110 valence electrons. The van der Waals surface area contributed by atoms with Crippen LogP contribution in [0.1, 0.15) is 16.1 Å². The zero-order chi connectivity index (χ0) is 15.4. The molecular formula is C14H15N3O4. The Morgan fingerprint density at radius 2 is 2.14 bits per heavy atom. The molecule has 2 aromatic rings. The number of benzene rings is 1. The number of rotatable bonds is 5. The molecule has 0 spiro atoms. The summed E-state index contributed by atoms with van der Waals surface area (Å²) < 4.78 is 5.16. The monoisotopic (exact) mass is 289 g/mol. The van der Waals surface area contributed by atoms with Gasteiger partial charge in [0.05, 0.1) is 17.7 Å².